The van der Waals surface area contributed by atoms with E-state index < -0.39 is 0 Å². The first-order chi connectivity index (χ1) is 12.9. The van der Waals surface area contributed by atoms with E-state index in [9.17, 15) is 4.79 Å². The van der Waals surface area contributed by atoms with Crippen molar-refractivity contribution in [3.05, 3.63) is 63.9 Å². The Labute approximate surface area is 166 Å². The van der Waals surface area contributed by atoms with Crippen LogP contribution in [0.1, 0.15) is 16.1 Å². The van der Waals surface area contributed by atoms with Crippen molar-refractivity contribution in [2.24, 2.45) is 0 Å². The molecule has 1 N–H and O–H groups in total. The van der Waals surface area contributed by atoms with E-state index in [1.165, 1.54) is 20.4 Å². The van der Waals surface area contributed by atoms with E-state index >= 15 is 0 Å². The first-order valence-corrected chi connectivity index (χ1v) is 8.73. The fourth-order valence-corrected chi connectivity index (χ4v) is 2.98. The number of anilines is 1. The molecule has 0 saturated heterocycles. The molecule has 3 rings (SSSR count). The highest BCUT2D eigenvalue weighted by molar-refractivity contribution is 6.32. The number of nitrogens with one attached hydrogen (secondary N) is 1. The van der Waals surface area contributed by atoms with Crippen LogP contribution in [-0.2, 0) is 0 Å². The maximum absolute atomic E-state index is 12.8. The molecule has 27 heavy (non-hydrogen) atoms. The van der Waals surface area contributed by atoms with Gasteiger partial charge in [0.1, 0.15) is 11.5 Å². The molecule has 8 heteroatoms. The zero-order chi connectivity index (χ0) is 19.6. The smallest absolute Gasteiger partial charge is 0.259 e. The summed E-state index contributed by atoms with van der Waals surface area (Å²) in [6.45, 7) is 1.82. The summed E-state index contributed by atoms with van der Waals surface area (Å²) in [5, 5.41) is 8.14. The molecule has 0 unspecified atom stereocenters. The number of halogens is 2. The van der Waals surface area contributed by atoms with Crippen LogP contribution in [0.2, 0.25) is 10.0 Å². The number of hydrogen-bond acceptors (Lipinski definition) is 4. The zero-order valence-electron chi connectivity index (χ0n) is 14.9. The highest BCUT2D eigenvalue weighted by Crippen LogP contribution is 2.36. The minimum atomic E-state index is -0.324. The van der Waals surface area contributed by atoms with Gasteiger partial charge in [0.15, 0.2) is 0 Å². The summed E-state index contributed by atoms with van der Waals surface area (Å²) in [5.74, 6) is 0.536. The molecule has 2 aromatic carbocycles. The average Bonchev–Trinajstić information content (AvgIpc) is 3.05. The van der Waals surface area contributed by atoms with E-state index in [-0.39, 0.29) is 5.91 Å². The fourth-order valence-electron chi connectivity index (χ4n) is 2.62. The highest BCUT2D eigenvalue weighted by atomic mass is 35.5. The van der Waals surface area contributed by atoms with Gasteiger partial charge in [0.25, 0.3) is 5.91 Å². The number of methoxy groups -OCH3 is 2. The Morgan fingerprint density at radius 3 is 2.37 bits per heavy atom. The second kappa shape index (κ2) is 7.90. The molecule has 0 radical (unpaired) electrons. The highest BCUT2D eigenvalue weighted by Gasteiger charge is 2.18. The van der Waals surface area contributed by atoms with Crippen molar-refractivity contribution in [1.82, 2.24) is 9.78 Å². The van der Waals surface area contributed by atoms with Crippen LogP contribution in [0.4, 0.5) is 5.69 Å². The Bertz CT molecular complexity index is 985. The molecule has 0 spiro atoms. The lowest BCUT2D eigenvalue weighted by molar-refractivity contribution is 0.102. The molecule has 1 heterocycles. The van der Waals surface area contributed by atoms with E-state index in [2.05, 4.69) is 10.4 Å². The summed E-state index contributed by atoms with van der Waals surface area (Å²) in [6, 6.07) is 10.4. The Kier molecular flexibility index (Phi) is 5.58. The second-order valence-corrected chi connectivity index (χ2v) is 6.52. The number of nitrogens with zero attached hydrogens (tertiary/aromatic N) is 2. The summed E-state index contributed by atoms with van der Waals surface area (Å²) in [5.41, 5.74) is 2.37. The van der Waals surface area contributed by atoms with Crippen molar-refractivity contribution in [2.45, 2.75) is 6.92 Å². The van der Waals surface area contributed by atoms with Crippen molar-refractivity contribution >= 4 is 34.8 Å². The molecule has 1 amide bonds. The largest absolute Gasteiger partial charge is 0.495 e. The summed E-state index contributed by atoms with van der Waals surface area (Å²) in [4.78, 5) is 12.8. The first kappa shape index (κ1) is 19.1. The van der Waals surface area contributed by atoms with Crippen molar-refractivity contribution in [3.8, 4) is 17.2 Å². The van der Waals surface area contributed by atoms with E-state index in [1.54, 1.807) is 28.9 Å². The maximum atomic E-state index is 12.8. The number of aromatic nitrogens is 2. The van der Waals surface area contributed by atoms with E-state index in [1.807, 2.05) is 19.1 Å². The van der Waals surface area contributed by atoms with Gasteiger partial charge in [0, 0.05) is 17.2 Å². The zero-order valence-corrected chi connectivity index (χ0v) is 16.4. The molecule has 140 valence electrons. The van der Waals surface area contributed by atoms with Crippen LogP contribution in [0.3, 0.4) is 0 Å². The van der Waals surface area contributed by atoms with Crippen molar-refractivity contribution in [2.75, 3.05) is 19.5 Å². The van der Waals surface area contributed by atoms with Gasteiger partial charge in [-0.05, 0) is 31.2 Å². The van der Waals surface area contributed by atoms with Crippen LogP contribution < -0.4 is 14.8 Å². The van der Waals surface area contributed by atoms with Crippen LogP contribution in [0, 0.1) is 6.92 Å². The molecule has 0 atom stereocenters. The van der Waals surface area contributed by atoms with Gasteiger partial charge in [-0.15, -0.1) is 0 Å². The van der Waals surface area contributed by atoms with Crippen LogP contribution in [0.15, 0.2) is 42.6 Å². The van der Waals surface area contributed by atoms with Crippen LogP contribution in [0.5, 0.6) is 11.5 Å². The van der Waals surface area contributed by atoms with Crippen molar-refractivity contribution in [1.29, 1.82) is 0 Å². The molecular weight excluding hydrogens is 389 g/mol. The Hall–Kier alpha value is -2.70. The lowest BCUT2D eigenvalue weighted by atomic mass is 10.2. The predicted octanol–water partition coefficient (Wildman–Crippen LogP) is 4.76. The summed E-state index contributed by atoms with van der Waals surface area (Å²) < 4.78 is 12.2. The molecule has 0 aliphatic rings. The normalized spacial score (nSPS) is 10.6. The Morgan fingerprint density at radius 2 is 1.74 bits per heavy atom. The minimum Gasteiger partial charge on any atom is -0.495 e. The third kappa shape index (κ3) is 3.86. The average molecular weight is 406 g/mol. The molecule has 0 bridgehead atoms. The quantitative estimate of drug-likeness (QED) is 0.664. The van der Waals surface area contributed by atoms with Gasteiger partial charge in [-0.3, -0.25) is 4.79 Å². The van der Waals surface area contributed by atoms with Crippen molar-refractivity contribution in [3.63, 3.8) is 0 Å². The molecule has 0 fully saturated rings. The van der Waals surface area contributed by atoms with Gasteiger partial charge in [-0.25, -0.2) is 4.68 Å². The van der Waals surface area contributed by atoms with Gasteiger partial charge >= 0.3 is 0 Å². The Morgan fingerprint density at radius 1 is 1.07 bits per heavy atom. The third-order valence-electron chi connectivity index (χ3n) is 4.05. The monoisotopic (exact) mass is 405 g/mol. The van der Waals surface area contributed by atoms with Crippen LogP contribution in [-0.4, -0.2) is 29.9 Å². The number of amides is 1. The fraction of sp³-hybridized carbons (Fsp3) is 0.158. The number of carbonyl (C=O) groups excluding carboxylic acids is 1. The van der Waals surface area contributed by atoms with E-state index in [4.69, 9.17) is 32.7 Å². The summed E-state index contributed by atoms with van der Waals surface area (Å²) >= 11 is 12.0. The number of rotatable bonds is 5. The van der Waals surface area contributed by atoms with Gasteiger partial charge in [-0.1, -0.05) is 23.2 Å². The second-order valence-electron chi connectivity index (χ2n) is 5.67. The van der Waals surface area contributed by atoms with E-state index in [0.717, 1.165) is 5.69 Å². The number of hydrogen-bond donors (Lipinski definition) is 1. The summed E-state index contributed by atoms with van der Waals surface area (Å²) in [7, 11) is 3.00. The van der Waals surface area contributed by atoms with Gasteiger partial charge in [0.2, 0.25) is 0 Å². The summed E-state index contributed by atoms with van der Waals surface area (Å²) in [6.07, 6.45) is 1.51. The number of benzene rings is 2. The third-order valence-corrected chi connectivity index (χ3v) is 4.60. The molecular formula is C19H17Cl2N3O3. The molecule has 0 aliphatic carbocycles. The van der Waals surface area contributed by atoms with Gasteiger partial charge in [-0.2, -0.15) is 5.10 Å². The first-order valence-electron chi connectivity index (χ1n) is 7.98. The topological polar surface area (TPSA) is 65.4 Å². The number of carbonyl (C=O) groups is 1. The van der Waals surface area contributed by atoms with Gasteiger partial charge < -0.3 is 14.8 Å². The van der Waals surface area contributed by atoms with Gasteiger partial charge in [0.05, 0.1) is 48.1 Å². The lowest BCUT2D eigenvalue weighted by Gasteiger charge is -2.13. The van der Waals surface area contributed by atoms with Crippen molar-refractivity contribution < 1.29 is 14.3 Å². The standard InChI is InChI=1S/C19H17Cl2N3O3/c1-11-14(10-22-24(11)13-6-4-12(20)5-7-13)19(25)23-16-9-17(26-2)15(21)8-18(16)27-3/h4-10H,1-3H3,(H,23,25). The lowest BCUT2D eigenvalue weighted by Crippen LogP contribution is -2.14. The Balaban J connectivity index is 1.91. The molecule has 1 aromatic heterocycles. The molecule has 0 aliphatic heterocycles. The molecule has 6 nitrogen and oxygen atoms in total. The van der Waals surface area contributed by atoms with E-state index in [0.29, 0.717) is 38.5 Å². The minimum absolute atomic E-state index is 0.324. The molecule has 0 saturated carbocycles. The SMILES string of the molecule is COc1cc(NC(=O)c2cnn(-c3ccc(Cl)cc3)c2C)c(OC)cc1Cl. The predicted molar refractivity (Wildman–Crippen MR) is 106 cm³/mol. The molecule has 3 aromatic rings. The van der Waals surface area contributed by atoms with Crippen LogP contribution >= 0.6 is 23.2 Å². The number of ether oxygens (including phenoxy) is 2. The maximum Gasteiger partial charge on any atom is 0.259 e. The van der Waals surface area contributed by atoms with Crippen LogP contribution in [0.25, 0.3) is 5.69 Å².